The maximum Gasteiger partial charge on any atom is 0.134 e. The van der Waals surface area contributed by atoms with Gasteiger partial charge in [0.1, 0.15) is 22.7 Å². The Morgan fingerprint density at radius 3 is 1.10 bits per heavy atom. The van der Waals surface area contributed by atoms with Gasteiger partial charge in [-0.15, -0.1) is 0 Å². The van der Waals surface area contributed by atoms with Crippen LogP contribution in [0.15, 0.2) is 57.4 Å². The molecule has 2 heteroatoms. The molecule has 30 heavy (non-hydrogen) atoms. The molecule has 2 aromatic heterocycles. The molecule has 0 bridgehead atoms. The van der Waals surface area contributed by atoms with Crippen molar-refractivity contribution >= 4 is 21.9 Å². The highest BCUT2D eigenvalue weighted by atomic mass is 16.3. The molecule has 0 radical (unpaired) electrons. The van der Waals surface area contributed by atoms with E-state index in [1.807, 2.05) is 24.3 Å². The Balaban J connectivity index is 0.000000171. The minimum atomic E-state index is 0.454. The second-order valence-corrected chi connectivity index (χ2v) is 9.37. The second-order valence-electron chi connectivity index (χ2n) is 9.37. The molecular formula is C28H36O2. The van der Waals surface area contributed by atoms with Gasteiger partial charge in [-0.1, -0.05) is 91.8 Å². The fraction of sp³-hybridized carbons (Fsp3) is 0.429. The fourth-order valence-electron chi connectivity index (χ4n) is 4.22. The van der Waals surface area contributed by atoms with Crippen LogP contribution in [0.5, 0.6) is 0 Å². The first kappa shape index (κ1) is 22.2. The Bertz CT molecular complexity index is 1020. The first-order valence-electron chi connectivity index (χ1n) is 11.2. The summed E-state index contributed by atoms with van der Waals surface area (Å²) in [5.74, 6) is 4.24. The number of hydrogen-bond acceptors (Lipinski definition) is 2. The van der Waals surface area contributed by atoms with Crippen LogP contribution in [-0.2, 0) is 0 Å². The summed E-state index contributed by atoms with van der Waals surface area (Å²) in [7, 11) is 0. The van der Waals surface area contributed by atoms with E-state index in [0.29, 0.717) is 23.7 Å². The maximum absolute atomic E-state index is 5.92. The molecule has 0 atom stereocenters. The number of para-hydroxylation sites is 2. The summed E-state index contributed by atoms with van der Waals surface area (Å²) in [4.78, 5) is 0. The van der Waals surface area contributed by atoms with Crippen molar-refractivity contribution in [1.82, 2.24) is 0 Å². The molecule has 0 saturated heterocycles. The van der Waals surface area contributed by atoms with Crippen molar-refractivity contribution in [2.24, 2.45) is 0 Å². The summed E-state index contributed by atoms with van der Waals surface area (Å²) in [5, 5.41) is 2.55. The molecule has 2 heterocycles. The fourth-order valence-corrected chi connectivity index (χ4v) is 4.22. The quantitative estimate of drug-likeness (QED) is 0.338. The van der Waals surface area contributed by atoms with Crippen molar-refractivity contribution in [2.45, 2.75) is 79.1 Å². The number of hydrogen-bond donors (Lipinski definition) is 0. The SMILES string of the molecule is CC(C)c1oc2ccccc2c1C(C)C.CC(C)c1oc2ccccc2c1C(C)C. The summed E-state index contributed by atoms with van der Waals surface area (Å²) in [6.45, 7) is 17.6. The van der Waals surface area contributed by atoms with Crippen LogP contribution < -0.4 is 0 Å². The molecule has 4 aromatic rings. The van der Waals surface area contributed by atoms with Crippen LogP contribution in [0.1, 0.15) is 102 Å². The summed E-state index contributed by atoms with van der Waals surface area (Å²) in [5.41, 5.74) is 4.79. The van der Waals surface area contributed by atoms with Crippen molar-refractivity contribution in [2.75, 3.05) is 0 Å². The molecule has 0 saturated carbocycles. The zero-order valence-electron chi connectivity index (χ0n) is 19.7. The highest BCUT2D eigenvalue weighted by Crippen LogP contribution is 2.36. The first-order chi connectivity index (χ1) is 14.2. The van der Waals surface area contributed by atoms with Gasteiger partial charge in [0, 0.05) is 33.7 Å². The van der Waals surface area contributed by atoms with E-state index in [4.69, 9.17) is 8.83 Å². The van der Waals surface area contributed by atoms with Gasteiger partial charge in [-0.05, 0) is 24.0 Å². The minimum absolute atomic E-state index is 0.454. The first-order valence-corrected chi connectivity index (χ1v) is 11.2. The van der Waals surface area contributed by atoms with Gasteiger partial charge in [-0.2, -0.15) is 0 Å². The monoisotopic (exact) mass is 404 g/mol. The van der Waals surface area contributed by atoms with Crippen LogP contribution in [0.2, 0.25) is 0 Å². The molecule has 0 aliphatic carbocycles. The molecular weight excluding hydrogens is 368 g/mol. The predicted octanol–water partition coefficient (Wildman–Crippen LogP) is 9.36. The van der Waals surface area contributed by atoms with E-state index in [-0.39, 0.29) is 0 Å². The number of rotatable bonds is 4. The predicted molar refractivity (Wildman–Crippen MR) is 129 cm³/mol. The van der Waals surface area contributed by atoms with Crippen LogP contribution in [0.25, 0.3) is 21.9 Å². The molecule has 2 aromatic carbocycles. The zero-order valence-corrected chi connectivity index (χ0v) is 19.7. The average molecular weight is 405 g/mol. The van der Waals surface area contributed by atoms with Crippen molar-refractivity contribution in [3.63, 3.8) is 0 Å². The van der Waals surface area contributed by atoms with Gasteiger partial charge >= 0.3 is 0 Å². The zero-order chi connectivity index (χ0) is 22.0. The van der Waals surface area contributed by atoms with Gasteiger partial charge in [-0.25, -0.2) is 0 Å². The Morgan fingerprint density at radius 1 is 0.467 bits per heavy atom. The van der Waals surface area contributed by atoms with Crippen LogP contribution in [0.3, 0.4) is 0 Å². The number of fused-ring (bicyclic) bond motifs is 2. The number of furan rings is 2. The van der Waals surface area contributed by atoms with E-state index in [2.05, 4.69) is 79.7 Å². The second kappa shape index (κ2) is 9.12. The smallest absolute Gasteiger partial charge is 0.134 e. The lowest BCUT2D eigenvalue weighted by molar-refractivity contribution is 0.511. The Hall–Kier alpha value is -2.48. The Morgan fingerprint density at radius 2 is 0.800 bits per heavy atom. The van der Waals surface area contributed by atoms with Crippen LogP contribution in [0.4, 0.5) is 0 Å². The average Bonchev–Trinajstić information content (AvgIpc) is 3.27. The molecule has 0 aliphatic heterocycles. The van der Waals surface area contributed by atoms with Crippen molar-refractivity contribution in [1.29, 1.82) is 0 Å². The minimum Gasteiger partial charge on any atom is -0.460 e. The van der Waals surface area contributed by atoms with Gasteiger partial charge in [0.05, 0.1) is 0 Å². The molecule has 0 fully saturated rings. The van der Waals surface area contributed by atoms with E-state index < -0.39 is 0 Å². The third-order valence-corrected chi connectivity index (χ3v) is 5.53. The normalized spacial score (nSPS) is 11.9. The van der Waals surface area contributed by atoms with Gasteiger partial charge in [0.25, 0.3) is 0 Å². The standard InChI is InChI=1S/2C14H18O/c2*1-9(2)13-11-7-5-6-8-12(11)15-14(13)10(3)4/h2*5-10H,1-4H3. The largest absolute Gasteiger partial charge is 0.460 e. The van der Waals surface area contributed by atoms with E-state index >= 15 is 0 Å². The summed E-state index contributed by atoms with van der Waals surface area (Å²) >= 11 is 0. The summed E-state index contributed by atoms with van der Waals surface area (Å²) in [6.07, 6.45) is 0. The van der Waals surface area contributed by atoms with E-state index in [1.165, 1.54) is 21.9 Å². The maximum atomic E-state index is 5.92. The van der Waals surface area contributed by atoms with Gasteiger partial charge in [-0.3, -0.25) is 0 Å². The molecule has 2 nitrogen and oxygen atoms in total. The third-order valence-electron chi connectivity index (χ3n) is 5.53. The van der Waals surface area contributed by atoms with E-state index in [1.54, 1.807) is 0 Å². The molecule has 4 rings (SSSR count). The lowest BCUT2D eigenvalue weighted by Gasteiger charge is -2.08. The highest BCUT2D eigenvalue weighted by Gasteiger charge is 2.19. The van der Waals surface area contributed by atoms with Crippen LogP contribution >= 0.6 is 0 Å². The lowest BCUT2D eigenvalue weighted by Crippen LogP contribution is -1.94. The molecule has 0 aliphatic rings. The summed E-state index contributed by atoms with van der Waals surface area (Å²) < 4.78 is 11.8. The van der Waals surface area contributed by atoms with Crippen molar-refractivity contribution in [3.8, 4) is 0 Å². The molecule has 0 unspecified atom stereocenters. The van der Waals surface area contributed by atoms with E-state index in [9.17, 15) is 0 Å². The lowest BCUT2D eigenvalue weighted by atomic mass is 9.95. The van der Waals surface area contributed by atoms with Crippen LogP contribution in [-0.4, -0.2) is 0 Å². The highest BCUT2D eigenvalue weighted by molar-refractivity contribution is 5.83. The Kier molecular flexibility index (Phi) is 6.75. The molecule has 0 N–H and O–H groups in total. The van der Waals surface area contributed by atoms with E-state index in [0.717, 1.165) is 22.7 Å². The molecule has 160 valence electrons. The van der Waals surface area contributed by atoms with Gasteiger partial charge in [0.2, 0.25) is 0 Å². The van der Waals surface area contributed by atoms with Gasteiger partial charge < -0.3 is 8.83 Å². The van der Waals surface area contributed by atoms with Crippen molar-refractivity contribution in [3.05, 3.63) is 71.2 Å². The number of benzene rings is 2. The third kappa shape index (κ3) is 4.33. The van der Waals surface area contributed by atoms with Crippen molar-refractivity contribution < 1.29 is 8.83 Å². The molecule has 0 spiro atoms. The summed E-state index contributed by atoms with van der Waals surface area (Å²) in [6, 6.07) is 16.6. The Labute approximate surface area is 181 Å². The molecule has 0 amide bonds. The topological polar surface area (TPSA) is 26.3 Å². The van der Waals surface area contributed by atoms with Crippen LogP contribution in [0, 0.1) is 0 Å². The van der Waals surface area contributed by atoms with Gasteiger partial charge in [0.15, 0.2) is 0 Å².